The second-order valence-corrected chi connectivity index (χ2v) is 2.76. The molecule has 1 aromatic heterocycles. The smallest absolute Gasteiger partial charge is 0.340 e. The molecule has 0 aliphatic rings. The zero-order chi connectivity index (χ0) is 10.1. The molecule has 5 nitrogen and oxygen atoms in total. The molecule has 6 heteroatoms. The summed E-state index contributed by atoms with van der Waals surface area (Å²) in [6.45, 7) is 0. The van der Waals surface area contributed by atoms with Crippen molar-refractivity contribution in [3.8, 4) is 11.4 Å². The van der Waals surface area contributed by atoms with Gasteiger partial charge in [0, 0.05) is 11.3 Å². The van der Waals surface area contributed by atoms with Gasteiger partial charge in [-0.3, -0.25) is 4.98 Å². The van der Waals surface area contributed by atoms with Crippen LogP contribution in [0.5, 0.6) is 0 Å². The lowest BCUT2D eigenvalue weighted by Gasteiger charge is -2.00. The number of anilines is 1. The molecule has 1 aromatic carbocycles. The maximum Gasteiger partial charge on any atom is 0.340 e. The standard InChI is InChI=1S/C8H7FN4O/c9-4-1-2-5(6(10)3-4)7-11-8(14)13-12-7/h1-3H,10H2,(H2,11,12,13,14). The summed E-state index contributed by atoms with van der Waals surface area (Å²) >= 11 is 0. The normalized spacial score (nSPS) is 10.4. The predicted molar refractivity (Wildman–Crippen MR) is 49.0 cm³/mol. The molecule has 0 aliphatic carbocycles. The minimum absolute atomic E-state index is 0.229. The van der Waals surface area contributed by atoms with Crippen LogP contribution in [0.15, 0.2) is 23.0 Å². The quantitative estimate of drug-likeness (QED) is 0.577. The van der Waals surface area contributed by atoms with Crippen LogP contribution in [0.2, 0.25) is 0 Å². The fraction of sp³-hybridized carbons (Fsp3) is 0. The maximum absolute atomic E-state index is 12.7. The minimum atomic E-state index is -0.427. The monoisotopic (exact) mass is 194 g/mol. The molecule has 0 saturated carbocycles. The summed E-state index contributed by atoms with van der Waals surface area (Å²) in [4.78, 5) is 13.2. The van der Waals surface area contributed by atoms with Crippen LogP contribution >= 0.6 is 0 Å². The van der Waals surface area contributed by atoms with Gasteiger partial charge in [-0.15, -0.1) is 0 Å². The van der Waals surface area contributed by atoms with Crippen LogP contribution in [0.3, 0.4) is 0 Å². The summed E-state index contributed by atoms with van der Waals surface area (Å²) in [6.07, 6.45) is 0. The summed E-state index contributed by atoms with van der Waals surface area (Å²) in [7, 11) is 0. The Morgan fingerprint density at radius 3 is 2.79 bits per heavy atom. The van der Waals surface area contributed by atoms with E-state index in [1.165, 1.54) is 18.2 Å². The third-order valence-corrected chi connectivity index (χ3v) is 1.77. The van der Waals surface area contributed by atoms with Gasteiger partial charge in [-0.05, 0) is 18.2 Å². The Morgan fingerprint density at radius 2 is 2.21 bits per heavy atom. The van der Waals surface area contributed by atoms with Crippen LogP contribution in [0.25, 0.3) is 11.4 Å². The molecular formula is C8H7FN4O. The van der Waals surface area contributed by atoms with E-state index in [0.29, 0.717) is 11.4 Å². The summed E-state index contributed by atoms with van der Waals surface area (Å²) in [6, 6.07) is 3.87. The molecule has 0 bridgehead atoms. The predicted octanol–water partition coefficient (Wildman–Crippen LogP) is 0.486. The molecule has 0 saturated heterocycles. The molecule has 0 fully saturated rings. The third-order valence-electron chi connectivity index (χ3n) is 1.77. The molecule has 0 spiro atoms. The number of hydrogen-bond donors (Lipinski definition) is 3. The molecule has 4 N–H and O–H groups in total. The van der Waals surface area contributed by atoms with Crippen molar-refractivity contribution in [2.24, 2.45) is 0 Å². The lowest BCUT2D eigenvalue weighted by molar-refractivity contribution is 0.628. The van der Waals surface area contributed by atoms with Gasteiger partial charge in [-0.1, -0.05) is 0 Å². The number of hydrogen-bond acceptors (Lipinski definition) is 3. The van der Waals surface area contributed by atoms with E-state index in [0.717, 1.165) is 0 Å². The number of H-pyrrole nitrogens is 2. The molecule has 0 atom stereocenters. The van der Waals surface area contributed by atoms with Gasteiger partial charge in [0.15, 0.2) is 5.82 Å². The number of rotatable bonds is 1. The summed E-state index contributed by atoms with van der Waals surface area (Å²) in [5, 5.41) is 5.88. The summed E-state index contributed by atoms with van der Waals surface area (Å²) < 4.78 is 12.7. The van der Waals surface area contributed by atoms with Crippen molar-refractivity contribution in [3.63, 3.8) is 0 Å². The van der Waals surface area contributed by atoms with Gasteiger partial charge in [-0.25, -0.2) is 14.3 Å². The van der Waals surface area contributed by atoms with Crippen LogP contribution in [0, 0.1) is 5.82 Å². The van der Waals surface area contributed by atoms with Crippen LogP contribution < -0.4 is 11.4 Å². The van der Waals surface area contributed by atoms with Gasteiger partial charge >= 0.3 is 5.69 Å². The maximum atomic E-state index is 12.7. The zero-order valence-corrected chi connectivity index (χ0v) is 7.04. The van der Waals surface area contributed by atoms with Crippen LogP contribution in [0.4, 0.5) is 10.1 Å². The number of aromatic nitrogens is 3. The first-order valence-electron chi connectivity index (χ1n) is 3.87. The number of benzene rings is 1. The Kier molecular flexibility index (Phi) is 1.81. The molecule has 2 aromatic rings. The molecule has 2 rings (SSSR count). The highest BCUT2D eigenvalue weighted by molar-refractivity contribution is 5.70. The molecule has 72 valence electrons. The first-order chi connectivity index (χ1) is 6.66. The number of halogens is 1. The number of nitrogens with two attached hydrogens (primary N) is 1. The number of nitrogens with one attached hydrogen (secondary N) is 2. The van der Waals surface area contributed by atoms with Crippen molar-refractivity contribution in [2.45, 2.75) is 0 Å². The SMILES string of the molecule is Nc1cc(F)ccc1-c1n[nH]c(=O)[nH]1. The highest BCUT2D eigenvalue weighted by Crippen LogP contribution is 2.21. The highest BCUT2D eigenvalue weighted by Gasteiger charge is 2.06. The van der Waals surface area contributed by atoms with E-state index in [9.17, 15) is 9.18 Å². The van der Waals surface area contributed by atoms with E-state index in [4.69, 9.17) is 5.73 Å². The first-order valence-corrected chi connectivity index (χ1v) is 3.87. The Balaban J connectivity index is 2.57. The van der Waals surface area contributed by atoms with E-state index < -0.39 is 11.5 Å². The second kappa shape index (κ2) is 2.99. The van der Waals surface area contributed by atoms with E-state index in [2.05, 4.69) is 15.2 Å². The molecule has 0 amide bonds. The van der Waals surface area contributed by atoms with Gasteiger partial charge in [0.1, 0.15) is 5.82 Å². The fourth-order valence-corrected chi connectivity index (χ4v) is 1.15. The van der Waals surface area contributed by atoms with E-state index in [1.807, 2.05) is 0 Å². The van der Waals surface area contributed by atoms with E-state index >= 15 is 0 Å². The van der Waals surface area contributed by atoms with Crippen molar-refractivity contribution in [2.75, 3.05) is 5.73 Å². The van der Waals surface area contributed by atoms with Crippen LogP contribution in [0.1, 0.15) is 0 Å². The van der Waals surface area contributed by atoms with Gasteiger partial charge < -0.3 is 5.73 Å². The molecule has 14 heavy (non-hydrogen) atoms. The minimum Gasteiger partial charge on any atom is -0.398 e. The molecule has 0 radical (unpaired) electrons. The lowest BCUT2D eigenvalue weighted by Crippen LogP contribution is -2.00. The van der Waals surface area contributed by atoms with Crippen molar-refractivity contribution in [3.05, 3.63) is 34.5 Å². The second-order valence-electron chi connectivity index (χ2n) is 2.76. The van der Waals surface area contributed by atoms with Gasteiger partial charge in [0.05, 0.1) is 0 Å². The molecule has 0 unspecified atom stereocenters. The highest BCUT2D eigenvalue weighted by atomic mass is 19.1. The average Bonchev–Trinajstić information content (AvgIpc) is 2.51. The number of nitrogen functional groups attached to an aromatic ring is 1. The van der Waals surface area contributed by atoms with E-state index in [-0.39, 0.29) is 5.69 Å². The van der Waals surface area contributed by atoms with Crippen LogP contribution in [-0.4, -0.2) is 15.2 Å². The zero-order valence-electron chi connectivity index (χ0n) is 7.04. The molecular weight excluding hydrogens is 187 g/mol. The Labute approximate surface area is 77.8 Å². The van der Waals surface area contributed by atoms with Crippen molar-refractivity contribution in [1.82, 2.24) is 15.2 Å². The van der Waals surface area contributed by atoms with Gasteiger partial charge in [0.25, 0.3) is 0 Å². The van der Waals surface area contributed by atoms with Gasteiger partial charge in [0.2, 0.25) is 0 Å². The molecule has 1 heterocycles. The third kappa shape index (κ3) is 1.37. The Bertz CT molecular complexity index is 516. The van der Waals surface area contributed by atoms with E-state index in [1.54, 1.807) is 0 Å². The summed E-state index contributed by atoms with van der Waals surface area (Å²) in [5.41, 5.74) is 5.84. The fourth-order valence-electron chi connectivity index (χ4n) is 1.15. The largest absolute Gasteiger partial charge is 0.398 e. The summed E-state index contributed by atoms with van der Waals surface area (Å²) in [5.74, 6) is -0.128. The lowest BCUT2D eigenvalue weighted by atomic mass is 10.1. The Hall–Kier alpha value is -2.11. The number of nitrogens with zero attached hydrogens (tertiary/aromatic N) is 1. The molecule has 0 aliphatic heterocycles. The number of aromatic amines is 2. The van der Waals surface area contributed by atoms with Gasteiger partial charge in [-0.2, -0.15) is 5.10 Å². The first kappa shape index (κ1) is 8.49. The van der Waals surface area contributed by atoms with Crippen molar-refractivity contribution < 1.29 is 4.39 Å². The van der Waals surface area contributed by atoms with Crippen molar-refractivity contribution in [1.29, 1.82) is 0 Å². The van der Waals surface area contributed by atoms with Crippen LogP contribution in [-0.2, 0) is 0 Å². The average molecular weight is 194 g/mol. The topological polar surface area (TPSA) is 87.6 Å². The Morgan fingerprint density at radius 1 is 1.43 bits per heavy atom. The van der Waals surface area contributed by atoms with Crippen molar-refractivity contribution >= 4 is 5.69 Å².